The maximum Gasteiger partial charge on any atom is 0.237 e. The van der Waals surface area contributed by atoms with E-state index in [1.165, 1.54) is 0 Å². The van der Waals surface area contributed by atoms with Gasteiger partial charge in [-0.15, -0.1) is 0 Å². The SMILES string of the molecule is Cn1cncc1C1(C)NC(=O)CN2CCN(Cc3cc(ccc3Br)Oc3cc1ccc3C#N)C(=O)C2. The molecule has 2 atom stereocenters. The van der Waals surface area contributed by atoms with Crippen LogP contribution < -0.4 is 10.1 Å². The standard InChI is InChI=1S/C26H25BrN6O3/c1-26(23-12-29-16-31(23)2)19-4-3-17(11-28)22(10-19)36-20-5-6-21(27)18(9-20)13-33-8-7-32(15-25(33)35)14-24(34)30-26/h3-6,9-10,12,16H,7-8,13-15H2,1-2H3,(H,30,34). The molecule has 0 aliphatic carbocycles. The number of fused-ring (bicyclic) bond motifs is 5. The van der Waals surface area contributed by atoms with Crippen LogP contribution in [0.1, 0.15) is 29.3 Å². The van der Waals surface area contributed by atoms with Gasteiger partial charge in [0, 0.05) is 31.2 Å². The predicted molar refractivity (Wildman–Crippen MR) is 135 cm³/mol. The third-order valence-electron chi connectivity index (χ3n) is 6.77. The number of imidazole rings is 1. The number of halogens is 1. The Kier molecular flexibility index (Phi) is 6.28. The minimum Gasteiger partial charge on any atom is -0.456 e. The first-order valence-electron chi connectivity index (χ1n) is 11.6. The second kappa shape index (κ2) is 9.41. The number of ether oxygens (including phenoxy) is 1. The highest BCUT2D eigenvalue weighted by Gasteiger charge is 2.35. The Morgan fingerprint density at radius 1 is 1.14 bits per heavy atom. The molecule has 2 unspecified atom stereocenters. The maximum absolute atomic E-state index is 13.3. The molecule has 2 amide bonds. The summed E-state index contributed by atoms with van der Waals surface area (Å²) in [7, 11) is 1.86. The summed E-state index contributed by atoms with van der Waals surface area (Å²) in [6.07, 6.45) is 3.38. The van der Waals surface area contributed by atoms with Crippen LogP contribution in [0.25, 0.3) is 0 Å². The minimum absolute atomic E-state index is 0.0363. The fourth-order valence-electron chi connectivity index (χ4n) is 4.78. The molecule has 3 aromatic rings. The number of benzene rings is 2. The van der Waals surface area contributed by atoms with E-state index in [0.29, 0.717) is 36.7 Å². The van der Waals surface area contributed by atoms with Crippen LogP contribution in [0.4, 0.5) is 0 Å². The van der Waals surface area contributed by atoms with Gasteiger partial charge in [-0.3, -0.25) is 14.5 Å². The maximum atomic E-state index is 13.3. The summed E-state index contributed by atoms with van der Waals surface area (Å²) in [5, 5.41) is 12.9. The van der Waals surface area contributed by atoms with Crippen molar-refractivity contribution in [1.29, 1.82) is 5.26 Å². The van der Waals surface area contributed by atoms with Gasteiger partial charge in [0.15, 0.2) is 0 Å². The molecule has 184 valence electrons. The number of piperazine rings is 1. The Bertz CT molecular complexity index is 1400. The zero-order chi connectivity index (χ0) is 25.4. The Morgan fingerprint density at radius 3 is 2.69 bits per heavy atom. The highest BCUT2D eigenvalue weighted by molar-refractivity contribution is 9.10. The molecule has 10 heteroatoms. The first-order valence-corrected chi connectivity index (χ1v) is 12.3. The quantitative estimate of drug-likeness (QED) is 0.501. The Morgan fingerprint density at radius 2 is 1.97 bits per heavy atom. The van der Waals surface area contributed by atoms with Gasteiger partial charge in [-0.05, 0) is 48.4 Å². The summed E-state index contributed by atoms with van der Waals surface area (Å²) in [5.41, 5.74) is 1.79. The van der Waals surface area contributed by atoms with Crippen molar-refractivity contribution < 1.29 is 14.3 Å². The summed E-state index contributed by atoms with van der Waals surface area (Å²) in [6.45, 7) is 3.69. The second-order valence-electron chi connectivity index (χ2n) is 9.27. The van der Waals surface area contributed by atoms with Crippen molar-refractivity contribution in [2.75, 3.05) is 26.2 Å². The van der Waals surface area contributed by atoms with E-state index in [1.807, 2.05) is 47.7 Å². The molecule has 1 aromatic heterocycles. The highest BCUT2D eigenvalue weighted by atomic mass is 79.9. The molecule has 1 saturated heterocycles. The molecule has 3 aliphatic heterocycles. The number of nitriles is 1. The number of hydrogen-bond acceptors (Lipinski definition) is 6. The normalized spacial score (nSPS) is 22.1. The smallest absolute Gasteiger partial charge is 0.237 e. The van der Waals surface area contributed by atoms with Gasteiger partial charge in [0.25, 0.3) is 0 Å². The summed E-state index contributed by atoms with van der Waals surface area (Å²) < 4.78 is 8.93. The van der Waals surface area contributed by atoms with E-state index in [1.54, 1.807) is 29.6 Å². The van der Waals surface area contributed by atoms with Gasteiger partial charge in [0.1, 0.15) is 23.1 Å². The number of carbonyl (C=O) groups excluding carboxylic acids is 2. The minimum atomic E-state index is -0.970. The molecule has 0 spiro atoms. The van der Waals surface area contributed by atoms with E-state index in [9.17, 15) is 14.9 Å². The molecule has 9 nitrogen and oxygen atoms in total. The van der Waals surface area contributed by atoms with Crippen molar-refractivity contribution in [3.8, 4) is 17.6 Å². The number of carbonyl (C=O) groups is 2. The molecular formula is C26H25BrN6O3. The summed E-state index contributed by atoms with van der Waals surface area (Å²) in [6, 6.07) is 13.1. The molecule has 0 radical (unpaired) electrons. The van der Waals surface area contributed by atoms with Crippen LogP contribution in [0, 0.1) is 11.3 Å². The van der Waals surface area contributed by atoms with E-state index in [2.05, 4.69) is 32.3 Å². The summed E-state index contributed by atoms with van der Waals surface area (Å²) in [4.78, 5) is 34.1. The van der Waals surface area contributed by atoms with Crippen molar-refractivity contribution >= 4 is 27.7 Å². The molecule has 2 aromatic carbocycles. The van der Waals surface area contributed by atoms with Crippen LogP contribution >= 0.6 is 15.9 Å². The fraction of sp³-hybridized carbons (Fsp3) is 0.308. The van der Waals surface area contributed by atoms with Crippen LogP contribution in [0.15, 0.2) is 53.4 Å². The monoisotopic (exact) mass is 548 g/mol. The highest BCUT2D eigenvalue weighted by Crippen LogP contribution is 2.35. The van der Waals surface area contributed by atoms with Crippen molar-refractivity contribution in [2.24, 2.45) is 7.05 Å². The molecular weight excluding hydrogens is 524 g/mol. The zero-order valence-corrected chi connectivity index (χ0v) is 21.6. The van der Waals surface area contributed by atoms with Crippen molar-refractivity contribution in [3.05, 3.63) is 75.8 Å². The average molecular weight is 549 g/mol. The molecule has 3 aliphatic rings. The lowest BCUT2D eigenvalue weighted by molar-refractivity contribution is -0.137. The zero-order valence-electron chi connectivity index (χ0n) is 20.0. The van der Waals surface area contributed by atoms with Crippen LogP contribution in [-0.4, -0.2) is 57.3 Å². The molecule has 6 bridgehead atoms. The molecule has 1 fully saturated rings. The van der Waals surface area contributed by atoms with E-state index in [4.69, 9.17) is 4.74 Å². The topological polar surface area (TPSA) is 103 Å². The Balaban J connectivity index is 1.66. The van der Waals surface area contributed by atoms with E-state index < -0.39 is 5.54 Å². The van der Waals surface area contributed by atoms with Crippen molar-refractivity contribution in [2.45, 2.75) is 19.0 Å². The number of rotatable bonds is 1. The third-order valence-corrected chi connectivity index (χ3v) is 7.54. The molecule has 0 saturated carbocycles. The number of hydrogen-bond donors (Lipinski definition) is 1. The van der Waals surface area contributed by atoms with Gasteiger partial charge >= 0.3 is 0 Å². The van der Waals surface area contributed by atoms with Crippen molar-refractivity contribution in [1.82, 2.24) is 24.7 Å². The van der Waals surface area contributed by atoms with Crippen molar-refractivity contribution in [3.63, 3.8) is 0 Å². The van der Waals surface area contributed by atoms with E-state index in [-0.39, 0.29) is 24.9 Å². The van der Waals surface area contributed by atoms with E-state index in [0.717, 1.165) is 21.3 Å². The predicted octanol–water partition coefficient (Wildman–Crippen LogP) is 2.88. The number of nitrogens with zero attached hydrogens (tertiary/aromatic N) is 5. The first-order chi connectivity index (χ1) is 17.3. The lowest BCUT2D eigenvalue weighted by Crippen LogP contribution is -2.54. The van der Waals surface area contributed by atoms with E-state index >= 15 is 0 Å². The van der Waals surface area contributed by atoms with Gasteiger partial charge in [0.05, 0.1) is 36.9 Å². The molecule has 4 heterocycles. The molecule has 36 heavy (non-hydrogen) atoms. The molecule has 6 rings (SSSR count). The first kappa shape index (κ1) is 24.0. The van der Waals surface area contributed by atoms with Gasteiger partial charge in [-0.1, -0.05) is 22.0 Å². The number of nitrogens with one attached hydrogen (secondary N) is 1. The number of aryl methyl sites for hydroxylation is 1. The Labute approximate surface area is 217 Å². The molecule has 1 N–H and O–H groups in total. The van der Waals surface area contributed by atoms with Gasteiger partial charge < -0.3 is 19.5 Å². The summed E-state index contributed by atoms with van der Waals surface area (Å²) in [5.74, 6) is 0.670. The van der Waals surface area contributed by atoms with Crippen LogP contribution in [0.5, 0.6) is 11.5 Å². The largest absolute Gasteiger partial charge is 0.456 e. The van der Waals surface area contributed by atoms with Gasteiger partial charge in [0.2, 0.25) is 11.8 Å². The number of aromatic nitrogens is 2. The third kappa shape index (κ3) is 4.47. The van der Waals surface area contributed by atoms with Crippen LogP contribution in [-0.2, 0) is 28.7 Å². The number of amides is 2. The van der Waals surface area contributed by atoms with Gasteiger partial charge in [-0.25, -0.2) is 4.98 Å². The lowest BCUT2D eigenvalue weighted by atomic mass is 9.87. The fourth-order valence-corrected chi connectivity index (χ4v) is 5.15. The van der Waals surface area contributed by atoms with Crippen LogP contribution in [0.3, 0.4) is 0 Å². The Hall–Kier alpha value is -3.68. The van der Waals surface area contributed by atoms with Gasteiger partial charge in [-0.2, -0.15) is 5.26 Å². The lowest BCUT2D eigenvalue weighted by Gasteiger charge is -2.36. The second-order valence-corrected chi connectivity index (χ2v) is 10.1. The average Bonchev–Trinajstić information content (AvgIpc) is 3.28. The van der Waals surface area contributed by atoms with Crippen LogP contribution in [0.2, 0.25) is 0 Å². The summed E-state index contributed by atoms with van der Waals surface area (Å²) >= 11 is 3.58.